The van der Waals surface area contributed by atoms with E-state index >= 15 is 0 Å². The third-order valence-corrected chi connectivity index (χ3v) is 5.65. The molecular formula is C26H26N4. The van der Waals surface area contributed by atoms with Crippen LogP contribution >= 0.6 is 0 Å². The van der Waals surface area contributed by atoms with E-state index in [2.05, 4.69) is 108 Å². The number of nitrogens with one attached hydrogen (secondary N) is 2. The Morgan fingerprint density at radius 3 is 1.27 bits per heavy atom. The van der Waals surface area contributed by atoms with Gasteiger partial charge in [0.25, 0.3) is 0 Å². The van der Waals surface area contributed by atoms with Gasteiger partial charge in [0, 0.05) is 11.8 Å². The Morgan fingerprint density at radius 2 is 0.900 bits per heavy atom. The fourth-order valence-corrected chi connectivity index (χ4v) is 3.82. The highest BCUT2D eigenvalue weighted by Gasteiger charge is 2.10. The Labute approximate surface area is 176 Å². The van der Waals surface area contributed by atoms with Gasteiger partial charge in [0.1, 0.15) is 11.6 Å². The zero-order valence-corrected chi connectivity index (χ0v) is 17.8. The lowest BCUT2D eigenvalue weighted by Gasteiger charge is -2.05. The summed E-state index contributed by atoms with van der Waals surface area (Å²) in [5.41, 5.74) is 9.01. The minimum atomic E-state index is 0.393. The van der Waals surface area contributed by atoms with Crippen LogP contribution in [0.3, 0.4) is 0 Å². The highest BCUT2D eigenvalue weighted by Crippen LogP contribution is 2.29. The Balaban J connectivity index is 1.46. The average molecular weight is 395 g/mol. The van der Waals surface area contributed by atoms with Gasteiger partial charge in [-0.15, -0.1) is 0 Å². The van der Waals surface area contributed by atoms with Crippen LogP contribution < -0.4 is 0 Å². The third-order valence-electron chi connectivity index (χ3n) is 5.65. The smallest absolute Gasteiger partial charge is 0.109 e. The number of aromatic nitrogens is 4. The molecule has 4 nitrogen and oxygen atoms in total. The standard InChI is InChI=1S/C26H26N4/c1-15(2)25-27-21-11-9-19(13-23(21)29-25)17-5-7-18(8-6-17)20-10-12-22-24(14-20)30-26(28-22)16(3)4/h5-16H,1-4H3,(H,27,29)(H,28,30). The second kappa shape index (κ2) is 7.13. The Morgan fingerprint density at radius 1 is 0.533 bits per heavy atom. The van der Waals surface area contributed by atoms with E-state index in [1.807, 2.05) is 0 Å². The second-order valence-electron chi connectivity index (χ2n) is 8.59. The lowest BCUT2D eigenvalue weighted by molar-refractivity contribution is 0.799. The molecule has 0 fully saturated rings. The molecule has 2 aromatic heterocycles. The fourth-order valence-electron chi connectivity index (χ4n) is 3.82. The summed E-state index contributed by atoms with van der Waals surface area (Å²) in [5.74, 6) is 2.85. The molecule has 0 aliphatic heterocycles. The van der Waals surface area contributed by atoms with Crippen LogP contribution in [0.25, 0.3) is 44.3 Å². The van der Waals surface area contributed by atoms with Gasteiger partial charge in [-0.25, -0.2) is 9.97 Å². The van der Waals surface area contributed by atoms with E-state index in [4.69, 9.17) is 0 Å². The molecule has 0 aliphatic rings. The van der Waals surface area contributed by atoms with Crippen molar-refractivity contribution in [3.8, 4) is 22.3 Å². The first-order valence-electron chi connectivity index (χ1n) is 10.6. The van der Waals surface area contributed by atoms with Crippen molar-refractivity contribution in [2.24, 2.45) is 0 Å². The zero-order valence-electron chi connectivity index (χ0n) is 17.8. The molecule has 0 radical (unpaired) electrons. The number of fused-ring (bicyclic) bond motifs is 2. The van der Waals surface area contributed by atoms with Crippen molar-refractivity contribution in [3.05, 3.63) is 72.3 Å². The number of imidazole rings is 2. The van der Waals surface area contributed by atoms with E-state index in [1.165, 1.54) is 22.3 Å². The SMILES string of the molecule is CC(C)c1nc2ccc(-c3ccc(-c4ccc5nc(C(C)C)[nH]c5c4)cc3)cc2[nH]1. The predicted octanol–water partition coefficient (Wildman–Crippen LogP) is 7.02. The minimum absolute atomic E-state index is 0.393. The molecule has 150 valence electrons. The average Bonchev–Trinajstić information content (AvgIpc) is 3.37. The molecule has 0 aliphatic carbocycles. The number of benzene rings is 3. The normalized spacial score (nSPS) is 11.9. The van der Waals surface area contributed by atoms with E-state index in [1.54, 1.807) is 0 Å². The lowest BCUT2D eigenvalue weighted by atomic mass is 10.00. The maximum atomic E-state index is 4.67. The van der Waals surface area contributed by atoms with Crippen molar-refractivity contribution in [2.75, 3.05) is 0 Å². The molecule has 5 rings (SSSR count). The monoisotopic (exact) mass is 394 g/mol. The summed E-state index contributed by atoms with van der Waals surface area (Å²) < 4.78 is 0. The molecule has 5 aromatic rings. The Hall–Kier alpha value is -3.40. The summed E-state index contributed by atoms with van der Waals surface area (Å²) in [6.07, 6.45) is 0. The van der Waals surface area contributed by atoms with Gasteiger partial charge < -0.3 is 9.97 Å². The van der Waals surface area contributed by atoms with Gasteiger partial charge in [0.2, 0.25) is 0 Å². The highest BCUT2D eigenvalue weighted by atomic mass is 14.9. The molecule has 3 aromatic carbocycles. The van der Waals surface area contributed by atoms with Crippen molar-refractivity contribution in [3.63, 3.8) is 0 Å². The third kappa shape index (κ3) is 3.28. The molecule has 30 heavy (non-hydrogen) atoms. The van der Waals surface area contributed by atoms with E-state index in [0.717, 1.165) is 33.7 Å². The summed E-state index contributed by atoms with van der Waals surface area (Å²) in [6, 6.07) is 21.6. The highest BCUT2D eigenvalue weighted by molar-refractivity contribution is 5.84. The maximum absolute atomic E-state index is 4.67. The first-order valence-corrected chi connectivity index (χ1v) is 10.6. The molecule has 0 saturated carbocycles. The summed E-state index contributed by atoms with van der Waals surface area (Å²) in [6.45, 7) is 8.62. The van der Waals surface area contributed by atoms with Crippen LogP contribution in [0.4, 0.5) is 0 Å². The first kappa shape index (κ1) is 18.6. The van der Waals surface area contributed by atoms with Gasteiger partial charge in [-0.2, -0.15) is 0 Å². The van der Waals surface area contributed by atoms with Crippen LogP contribution in [0.15, 0.2) is 60.7 Å². The van der Waals surface area contributed by atoms with Crippen LogP contribution in [0, 0.1) is 0 Å². The predicted molar refractivity (Wildman–Crippen MR) is 125 cm³/mol. The number of rotatable bonds is 4. The molecular weight excluding hydrogens is 368 g/mol. The minimum Gasteiger partial charge on any atom is -0.342 e. The topological polar surface area (TPSA) is 57.4 Å². The maximum Gasteiger partial charge on any atom is 0.109 e. The van der Waals surface area contributed by atoms with E-state index in [-0.39, 0.29) is 0 Å². The summed E-state index contributed by atoms with van der Waals surface area (Å²) in [5, 5.41) is 0. The van der Waals surface area contributed by atoms with Gasteiger partial charge in [-0.05, 0) is 46.5 Å². The van der Waals surface area contributed by atoms with Crippen LogP contribution in [-0.4, -0.2) is 19.9 Å². The van der Waals surface area contributed by atoms with Gasteiger partial charge in [0.15, 0.2) is 0 Å². The lowest BCUT2D eigenvalue weighted by Crippen LogP contribution is -1.88. The van der Waals surface area contributed by atoms with E-state index in [0.29, 0.717) is 11.8 Å². The van der Waals surface area contributed by atoms with Crippen molar-refractivity contribution in [1.29, 1.82) is 0 Å². The van der Waals surface area contributed by atoms with Crippen LogP contribution in [0.5, 0.6) is 0 Å². The molecule has 2 heterocycles. The molecule has 0 unspecified atom stereocenters. The van der Waals surface area contributed by atoms with Crippen LogP contribution in [0.2, 0.25) is 0 Å². The van der Waals surface area contributed by atoms with Crippen molar-refractivity contribution < 1.29 is 0 Å². The van der Waals surface area contributed by atoms with Crippen LogP contribution in [0.1, 0.15) is 51.2 Å². The number of H-pyrrole nitrogens is 2. The Kier molecular flexibility index (Phi) is 4.43. The quantitative estimate of drug-likeness (QED) is 0.344. The fraction of sp³-hybridized carbons (Fsp3) is 0.231. The molecule has 0 atom stereocenters. The summed E-state index contributed by atoms with van der Waals surface area (Å²) in [4.78, 5) is 16.2. The first-order chi connectivity index (χ1) is 14.5. The summed E-state index contributed by atoms with van der Waals surface area (Å²) >= 11 is 0. The number of aromatic amines is 2. The number of nitrogens with zero attached hydrogens (tertiary/aromatic N) is 2. The van der Waals surface area contributed by atoms with Gasteiger partial charge in [0.05, 0.1) is 22.1 Å². The summed E-state index contributed by atoms with van der Waals surface area (Å²) in [7, 11) is 0. The molecule has 0 bridgehead atoms. The molecule has 0 spiro atoms. The molecule has 0 saturated heterocycles. The number of hydrogen-bond acceptors (Lipinski definition) is 2. The van der Waals surface area contributed by atoms with Crippen molar-refractivity contribution in [1.82, 2.24) is 19.9 Å². The van der Waals surface area contributed by atoms with Gasteiger partial charge in [-0.3, -0.25) is 0 Å². The molecule has 2 N–H and O–H groups in total. The van der Waals surface area contributed by atoms with Gasteiger partial charge >= 0.3 is 0 Å². The van der Waals surface area contributed by atoms with E-state index < -0.39 is 0 Å². The van der Waals surface area contributed by atoms with Crippen molar-refractivity contribution in [2.45, 2.75) is 39.5 Å². The largest absolute Gasteiger partial charge is 0.342 e. The van der Waals surface area contributed by atoms with Crippen LogP contribution in [-0.2, 0) is 0 Å². The molecule has 0 amide bonds. The molecule has 4 heteroatoms. The van der Waals surface area contributed by atoms with Crippen molar-refractivity contribution >= 4 is 22.1 Å². The van der Waals surface area contributed by atoms with Gasteiger partial charge in [-0.1, -0.05) is 64.1 Å². The number of hydrogen-bond donors (Lipinski definition) is 2. The second-order valence-corrected chi connectivity index (χ2v) is 8.59. The Bertz CT molecular complexity index is 1230. The van der Waals surface area contributed by atoms with E-state index in [9.17, 15) is 0 Å². The zero-order chi connectivity index (χ0) is 20.8.